The topological polar surface area (TPSA) is 82.9 Å². The van der Waals surface area contributed by atoms with Crippen molar-refractivity contribution in [3.63, 3.8) is 0 Å². The van der Waals surface area contributed by atoms with Crippen LogP contribution in [0.5, 0.6) is 0 Å². The number of carbonyl (C=O) groups is 1. The third-order valence-electron chi connectivity index (χ3n) is 3.23. The monoisotopic (exact) mass is 301 g/mol. The Balaban J connectivity index is 1.85. The summed E-state index contributed by atoms with van der Waals surface area (Å²) in [6.07, 6.45) is 4.97. The molecule has 2 amide bonds. The Morgan fingerprint density at radius 2 is 2.15 bits per heavy atom. The minimum Gasteiger partial charge on any atom is -0.472 e. The molecule has 2 rings (SSSR count). The fourth-order valence-corrected chi connectivity index (χ4v) is 2.99. The van der Waals surface area contributed by atoms with Crippen LogP contribution in [0.15, 0.2) is 23.0 Å². The van der Waals surface area contributed by atoms with E-state index in [1.54, 1.807) is 23.5 Å². The predicted octanol–water partition coefficient (Wildman–Crippen LogP) is 0.456. The highest BCUT2D eigenvalue weighted by atomic mass is 32.2. The summed E-state index contributed by atoms with van der Waals surface area (Å²) in [5, 5.41) is 2.80. The molecule has 1 N–H and O–H groups in total. The van der Waals surface area contributed by atoms with Gasteiger partial charge in [0.2, 0.25) is 10.0 Å². The Hall–Kier alpha value is -1.54. The van der Waals surface area contributed by atoms with Crippen LogP contribution in [0.25, 0.3) is 0 Å². The first kappa shape index (κ1) is 14.9. The molecular weight excluding hydrogens is 282 g/mol. The molecule has 1 aromatic rings. The van der Waals surface area contributed by atoms with Crippen molar-refractivity contribution in [2.24, 2.45) is 0 Å². The van der Waals surface area contributed by atoms with Gasteiger partial charge in [-0.3, -0.25) is 0 Å². The molecule has 0 bridgehead atoms. The number of furan rings is 1. The quantitative estimate of drug-likeness (QED) is 0.879. The van der Waals surface area contributed by atoms with Gasteiger partial charge in [0.05, 0.1) is 18.8 Å². The van der Waals surface area contributed by atoms with Crippen LogP contribution in [-0.2, 0) is 16.6 Å². The molecule has 7 nitrogen and oxygen atoms in total. The van der Waals surface area contributed by atoms with E-state index in [9.17, 15) is 13.2 Å². The number of hydrogen-bond acceptors (Lipinski definition) is 4. The minimum absolute atomic E-state index is 0.179. The summed E-state index contributed by atoms with van der Waals surface area (Å²) in [6, 6.07) is 1.61. The highest BCUT2D eigenvalue weighted by Gasteiger charge is 2.23. The van der Waals surface area contributed by atoms with E-state index < -0.39 is 10.0 Å². The summed E-state index contributed by atoms with van der Waals surface area (Å²) in [5.74, 6) is 0. The van der Waals surface area contributed by atoms with E-state index in [0.717, 1.165) is 5.56 Å². The van der Waals surface area contributed by atoms with Crippen LogP contribution < -0.4 is 5.32 Å². The Kier molecular flexibility index (Phi) is 4.66. The molecule has 0 radical (unpaired) electrons. The van der Waals surface area contributed by atoms with Crippen molar-refractivity contribution in [3.8, 4) is 0 Å². The van der Waals surface area contributed by atoms with Crippen LogP contribution >= 0.6 is 0 Å². The fraction of sp³-hybridized carbons (Fsp3) is 0.583. The second-order valence-electron chi connectivity index (χ2n) is 4.79. The zero-order valence-electron chi connectivity index (χ0n) is 11.4. The number of nitrogens with zero attached hydrogens (tertiary/aromatic N) is 2. The highest BCUT2D eigenvalue weighted by Crippen LogP contribution is 2.07. The van der Waals surface area contributed by atoms with Gasteiger partial charge in [0, 0.05) is 38.3 Å². The third kappa shape index (κ3) is 3.97. The van der Waals surface area contributed by atoms with Gasteiger partial charge in [-0.15, -0.1) is 0 Å². The Labute approximate surface area is 118 Å². The summed E-state index contributed by atoms with van der Waals surface area (Å²) in [7, 11) is -3.18. The first-order valence-corrected chi connectivity index (χ1v) is 8.30. The predicted molar refractivity (Wildman–Crippen MR) is 73.6 cm³/mol. The lowest BCUT2D eigenvalue weighted by molar-refractivity contribution is 0.200. The number of carbonyl (C=O) groups excluding carboxylic acids is 1. The summed E-state index contributed by atoms with van der Waals surface area (Å²) in [4.78, 5) is 13.7. The van der Waals surface area contributed by atoms with Gasteiger partial charge in [-0.1, -0.05) is 0 Å². The smallest absolute Gasteiger partial charge is 0.317 e. The van der Waals surface area contributed by atoms with Crippen LogP contribution in [-0.4, -0.2) is 56.1 Å². The van der Waals surface area contributed by atoms with Crippen LogP contribution in [0.3, 0.4) is 0 Å². The lowest BCUT2D eigenvalue weighted by Gasteiger charge is -2.21. The van der Waals surface area contributed by atoms with E-state index in [-0.39, 0.29) is 6.03 Å². The molecule has 0 atom stereocenters. The molecule has 1 aliphatic heterocycles. The van der Waals surface area contributed by atoms with Gasteiger partial charge in [-0.25, -0.2) is 17.5 Å². The normalized spacial score (nSPS) is 17.8. The maximum atomic E-state index is 12.0. The van der Waals surface area contributed by atoms with Crippen molar-refractivity contribution >= 4 is 16.1 Å². The van der Waals surface area contributed by atoms with E-state index >= 15 is 0 Å². The second-order valence-corrected chi connectivity index (χ2v) is 6.78. The second kappa shape index (κ2) is 6.27. The number of rotatable bonds is 3. The van der Waals surface area contributed by atoms with Crippen LogP contribution in [0.2, 0.25) is 0 Å². The Morgan fingerprint density at radius 3 is 2.80 bits per heavy atom. The van der Waals surface area contributed by atoms with Crippen molar-refractivity contribution in [3.05, 3.63) is 24.2 Å². The van der Waals surface area contributed by atoms with E-state index in [0.29, 0.717) is 39.1 Å². The Morgan fingerprint density at radius 1 is 1.35 bits per heavy atom. The van der Waals surface area contributed by atoms with Gasteiger partial charge in [0.15, 0.2) is 0 Å². The number of nitrogens with one attached hydrogen (secondary N) is 1. The molecule has 1 fully saturated rings. The van der Waals surface area contributed by atoms with Crippen molar-refractivity contribution < 1.29 is 17.6 Å². The maximum absolute atomic E-state index is 12.0. The summed E-state index contributed by atoms with van der Waals surface area (Å²) in [5.41, 5.74) is 0.894. The largest absolute Gasteiger partial charge is 0.472 e. The number of sulfonamides is 1. The molecule has 0 aliphatic carbocycles. The van der Waals surface area contributed by atoms with Crippen LogP contribution in [0, 0.1) is 0 Å². The molecular formula is C12H19N3O4S. The highest BCUT2D eigenvalue weighted by molar-refractivity contribution is 7.88. The minimum atomic E-state index is -3.18. The third-order valence-corrected chi connectivity index (χ3v) is 4.54. The van der Waals surface area contributed by atoms with Crippen LogP contribution in [0.1, 0.15) is 12.0 Å². The molecule has 0 unspecified atom stereocenters. The van der Waals surface area contributed by atoms with E-state index in [1.165, 1.54) is 10.6 Å². The zero-order valence-corrected chi connectivity index (χ0v) is 12.2. The average Bonchev–Trinajstić information content (AvgIpc) is 2.76. The van der Waals surface area contributed by atoms with Gasteiger partial charge in [-0.05, 0) is 12.5 Å². The molecule has 2 heterocycles. The number of hydrogen-bond donors (Lipinski definition) is 1. The maximum Gasteiger partial charge on any atom is 0.317 e. The molecule has 8 heteroatoms. The SMILES string of the molecule is CS(=O)(=O)N1CCCN(C(=O)NCc2ccoc2)CC1. The van der Waals surface area contributed by atoms with Gasteiger partial charge in [0.25, 0.3) is 0 Å². The van der Waals surface area contributed by atoms with E-state index in [2.05, 4.69) is 5.32 Å². The van der Waals surface area contributed by atoms with Crippen LogP contribution in [0.4, 0.5) is 4.79 Å². The lowest BCUT2D eigenvalue weighted by atomic mass is 10.3. The van der Waals surface area contributed by atoms with E-state index in [4.69, 9.17) is 4.42 Å². The summed E-state index contributed by atoms with van der Waals surface area (Å²) in [6.45, 7) is 2.18. The fourth-order valence-electron chi connectivity index (χ4n) is 2.11. The van der Waals surface area contributed by atoms with Crippen molar-refractivity contribution in [1.82, 2.24) is 14.5 Å². The van der Waals surface area contributed by atoms with Gasteiger partial charge < -0.3 is 14.6 Å². The first-order valence-electron chi connectivity index (χ1n) is 6.46. The first-order chi connectivity index (χ1) is 9.47. The zero-order chi connectivity index (χ0) is 14.6. The molecule has 1 aromatic heterocycles. The molecule has 0 aromatic carbocycles. The summed E-state index contributed by atoms with van der Waals surface area (Å²) >= 11 is 0. The van der Waals surface area contributed by atoms with Gasteiger partial charge in [-0.2, -0.15) is 0 Å². The van der Waals surface area contributed by atoms with Crippen molar-refractivity contribution in [1.29, 1.82) is 0 Å². The molecule has 112 valence electrons. The van der Waals surface area contributed by atoms with E-state index in [1.807, 2.05) is 0 Å². The molecule has 1 aliphatic rings. The standard InChI is InChI=1S/C12H19N3O4S/c1-20(17,18)15-5-2-4-14(6-7-15)12(16)13-9-11-3-8-19-10-11/h3,8,10H,2,4-7,9H2,1H3,(H,13,16). The molecule has 1 saturated heterocycles. The van der Waals surface area contributed by atoms with Gasteiger partial charge >= 0.3 is 6.03 Å². The average molecular weight is 301 g/mol. The van der Waals surface area contributed by atoms with Crippen molar-refractivity contribution in [2.45, 2.75) is 13.0 Å². The summed E-state index contributed by atoms with van der Waals surface area (Å²) < 4.78 is 29.3. The molecule has 0 saturated carbocycles. The lowest BCUT2D eigenvalue weighted by Crippen LogP contribution is -2.42. The van der Waals surface area contributed by atoms with Gasteiger partial charge in [0.1, 0.15) is 0 Å². The number of amides is 2. The Bertz CT molecular complexity index is 541. The molecule has 0 spiro atoms. The van der Waals surface area contributed by atoms with Crippen molar-refractivity contribution in [2.75, 3.05) is 32.4 Å². The molecule has 20 heavy (non-hydrogen) atoms. The number of urea groups is 1.